The lowest BCUT2D eigenvalue weighted by Gasteiger charge is -2.29. The number of allylic oxidation sites excluding steroid dienone is 7. The zero-order valence-electron chi connectivity index (χ0n) is 35.0. The van der Waals surface area contributed by atoms with Gasteiger partial charge in [-0.3, -0.25) is 9.36 Å². The number of quaternary nitrogens is 1. The van der Waals surface area contributed by atoms with E-state index in [1.807, 2.05) is 27.2 Å². The van der Waals surface area contributed by atoms with Crippen molar-refractivity contribution in [2.75, 3.05) is 40.9 Å². The Kier molecular flexibility index (Phi) is 35.1. The van der Waals surface area contributed by atoms with Gasteiger partial charge >= 0.3 is 0 Å². The number of rotatable bonds is 38. The van der Waals surface area contributed by atoms with Crippen molar-refractivity contribution >= 4 is 13.7 Å². The number of phosphoric ester groups is 1. The number of unbranched alkanes of at least 4 members (excludes halogenated alkanes) is 19. The molecule has 0 bridgehead atoms. The van der Waals surface area contributed by atoms with Gasteiger partial charge in [-0.05, 0) is 64.2 Å². The number of carbonyl (C=O) groups excluding carboxylic acids is 1. The van der Waals surface area contributed by atoms with E-state index in [-0.39, 0.29) is 12.5 Å². The molecule has 310 valence electrons. The number of phosphoric acid groups is 1. The van der Waals surface area contributed by atoms with Gasteiger partial charge in [-0.15, -0.1) is 0 Å². The molecule has 0 fully saturated rings. The van der Waals surface area contributed by atoms with E-state index in [1.54, 1.807) is 6.08 Å². The second kappa shape index (κ2) is 36.1. The van der Waals surface area contributed by atoms with Crippen LogP contribution >= 0.6 is 7.82 Å². The summed E-state index contributed by atoms with van der Waals surface area (Å²) < 4.78 is 23.1. The Morgan fingerprint density at radius 3 is 1.58 bits per heavy atom. The lowest BCUT2D eigenvalue weighted by molar-refractivity contribution is -0.870. The molecular weight excluding hydrogens is 683 g/mol. The van der Waals surface area contributed by atoms with Crippen LogP contribution in [0.1, 0.15) is 174 Å². The molecule has 0 saturated carbocycles. The normalized spacial score (nSPS) is 14.9. The van der Waals surface area contributed by atoms with Gasteiger partial charge in [-0.25, -0.2) is 0 Å². The van der Waals surface area contributed by atoms with Crippen LogP contribution in [0.15, 0.2) is 48.6 Å². The van der Waals surface area contributed by atoms with Crippen molar-refractivity contribution in [1.82, 2.24) is 5.32 Å². The van der Waals surface area contributed by atoms with Gasteiger partial charge < -0.3 is 28.8 Å². The molecule has 0 spiro atoms. The molecule has 0 rings (SSSR count). The second-order valence-electron chi connectivity index (χ2n) is 15.7. The molecule has 53 heavy (non-hydrogen) atoms. The summed E-state index contributed by atoms with van der Waals surface area (Å²) in [5.41, 5.74) is 0. The van der Waals surface area contributed by atoms with Crippen molar-refractivity contribution in [2.45, 2.75) is 187 Å². The average molecular weight is 767 g/mol. The maximum Gasteiger partial charge on any atom is 0.268 e. The number of aliphatic hydroxyl groups is 1. The highest BCUT2D eigenvalue weighted by Crippen LogP contribution is 2.38. The number of carbonyl (C=O) groups is 1. The minimum atomic E-state index is -4.60. The molecule has 3 unspecified atom stereocenters. The van der Waals surface area contributed by atoms with E-state index in [0.29, 0.717) is 17.4 Å². The number of hydrogen-bond acceptors (Lipinski definition) is 6. The predicted octanol–water partition coefficient (Wildman–Crippen LogP) is 11.1. The number of likely N-dealkylation sites (N-methyl/N-ethyl adjacent to an activating group) is 1. The van der Waals surface area contributed by atoms with Gasteiger partial charge in [0.1, 0.15) is 13.2 Å². The van der Waals surface area contributed by atoms with E-state index in [0.717, 1.165) is 51.4 Å². The summed E-state index contributed by atoms with van der Waals surface area (Å²) in [6, 6.07) is -0.910. The zero-order valence-corrected chi connectivity index (χ0v) is 35.8. The predicted molar refractivity (Wildman–Crippen MR) is 224 cm³/mol. The summed E-state index contributed by atoms with van der Waals surface area (Å²) in [6.07, 6.45) is 44.5. The fourth-order valence-corrected chi connectivity index (χ4v) is 6.47. The SMILES string of the molecule is CCCC/C=C/CC/C=C/CC/C=C/C(O)C(COP(=O)([O-])OCC[N+](C)(C)C)NC(=O)CCCCCCCCC/C=C\CCCCCCCCCC. The Balaban J connectivity index is 4.45. The third kappa shape index (κ3) is 38.5. The van der Waals surface area contributed by atoms with Crippen molar-refractivity contribution in [3.63, 3.8) is 0 Å². The van der Waals surface area contributed by atoms with Crippen molar-refractivity contribution in [1.29, 1.82) is 0 Å². The van der Waals surface area contributed by atoms with Crippen LogP contribution in [0.3, 0.4) is 0 Å². The van der Waals surface area contributed by atoms with Crippen molar-refractivity contribution in [2.24, 2.45) is 0 Å². The number of nitrogens with one attached hydrogen (secondary N) is 1. The number of nitrogens with zero attached hydrogens (tertiary/aromatic N) is 1. The first-order chi connectivity index (χ1) is 25.5. The third-order valence-corrected chi connectivity index (χ3v) is 10.2. The molecular formula is C44H83N2O6P. The lowest BCUT2D eigenvalue weighted by Crippen LogP contribution is -2.45. The maximum absolute atomic E-state index is 12.8. The van der Waals surface area contributed by atoms with Crippen molar-refractivity contribution in [3.05, 3.63) is 48.6 Å². The molecule has 2 N–H and O–H groups in total. The summed E-state index contributed by atoms with van der Waals surface area (Å²) in [7, 11) is 1.22. The monoisotopic (exact) mass is 767 g/mol. The summed E-state index contributed by atoms with van der Waals surface area (Å²) in [5, 5.41) is 13.7. The van der Waals surface area contributed by atoms with Crippen LogP contribution in [0.4, 0.5) is 0 Å². The fourth-order valence-electron chi connectivity index (χ4n) is 5.75. The number of aliphatic hydroxyl groups excluding tert-OH is 1. The van der Waals surface area contributed by atoms with Gasteiger partial charge in [-0.1, -0.05) is 152 Å². The first-order valence-electron chi connectivity index (χ1n) is 21.5. The van der Waals surface area contributed by atoms with Crippen LogP contribution < -0.4 is 10.2 Å². The Bertz CT molecular complexity index is 1010. The summed E-state index contributed by atoms with van der Waals surface area (Å²) in [5.74, 6) is -0.219. The van der Waals surface area contributed by atoms with Crippen LogP contribution in [-0.2, 0) is 18.4 Å². The molecule has 0 radical (unpaired) electrons. The molecule has 0 aromatic heterocycles. The van der Waals surface area contributed by atoms with E-state index < -0.39 is 26.6 Å². The van der Waals surface area contributed by atoms with Crippen LogP contribution in [0.5, 0.6) is 0 Å². The van der Waals surface area contributed by atoms with E-state index >= 15 is 0 Å². The zero-order chi connectivity index (χ0) is 39.3. The Labute approximate surface area is 327 Å². The molecule has 0 heterocycles. The van der Waals surface area contributed by atoms with Crippen LogP contribution in [0.25, 0.3) is 0 Å². The van der Waals surface area contributed by atoms with E-state index in [4.69, 9.17) is 9.05 Å². The Morgan fingerprint density at radius 2 is 1.08 bits per heavy atom. The van der Waals surface area contributed by atoms with Gasteiger partial charge in [0.25, 0.3) is 7.82 Å². The largest absolute Gasteiger partial charge is 0.756 e. The average Bonchev–Trinajstić information content (AvgIpc) is 3.10. The molecule has 0 aliphatic carbocycles. The van der Waals surface area contributed by atoms with E-state index in [9.17, 15) is 19.4 Å². The molecule has 1 amide bonds. The Hall–Kier alpha value is -1.54. The van der Waals surface area contributed by atoms with Crippen LogP contribution in [0, 0.1) is 0 Å². The molecule has 0 aromatic carbocycles. The van der Waals surface area contributed by atoms with Gasteiger partial charge in [0, 0.05) is 6.42 Å². The molecule has 9 heteroatoms. The standard InChI is InChI=1S/C44H83N2O6P/c1-6-8-10-12-14-16-18-20-21-22-23-24-25-26-28-30-32-34-36-38-44(48)45-42(41-52-53(49,50)51-40-39-46(3,4)5)43(47)37-35-33-31-29-27-19-17-15-13-11-9-7-2/h13,15,22-23,27,29,35,37,42-43,47H,6-12,14,16-21,24-26,28,30-34,36,38-41H2,1-5H3,(H-,45,48,49,50)/b15-13+,23-22-,29-27+,37-35+. The summed E-state index contributed by atoms with van der Waals surface area (Å²) >= 11 is 0. The highest BCUT2D eigenvalue weighted by atomic mass is 31.2. The Morgan fingerprint density at radius 1 is 0.642 bits per heavy atom. The highest BCUT2D eigenvalue weighted by Gasteiger charge is 2.23. The quantitative estimate of drug-likeness (QED) is 0.0280. The highest BCUT2D eigenvalue weighted by molar-refractivity contribution is 7.45. The fraction of sp³-hybridized carbons (Fsp3) is 0.795. The number of hydrogen-bond donors (Lipinski definition) is 2. The minimum absolute atomic E-state index is 0.0110. The second-order valence-corrected chi connectivity index (χ2v) is 17.1. The number of amides is 1. The van der Waals surface area contributed by atoms with Crippen LogP contribution in [0.2, 0.25) is 0 Å². The van der Waals surface area contributed by atoms with Gasteiger partial charge in [0.05, 0.1) is 39.9 Å². The molecule has 3 atom stereocenters. The topological polar surface area (TPSA) is 108 Å². The van der Waals surface area contributed by atoms with Gasteiger partial charge in [0.15, 0.2) is 0 Å². The third-order valence-electron chi connectivity index (χ3n) is 9.24. The summed E-state index contributed by atoms with van der Waals surface area (Å²) in [4.78, 5) is 25.2. The molecule has 0 aliphatic heterocycles. The van der Waals surface area contributed by atoms with Crippen molar-refractivity contribution < 1.29 is 32.9 Å². The van der Waals surface area contributed by atoms with E-state index in [1.165, 1.54) is 103 Å². The maximum atomic E-state index is 12.8. The first kappa shape index (κ1) is 51.5. The van der Waals surface area contributed by atoms with Crippen LogP contribution in [-0.4, -0.2) is 68.5 Å². The minimum Gasteiger partial charge on any atom is -0.756 e. The van der Waals surface area contributed by atoms with E-state index in [2.05, 4.69) is 55.6 Å². The van der Waals surface area contributed by atoms with Crippen molar-refractivity contribution in [3.8, 4) is 0 Å². The van der Waals surface area contributed by atoms with Gasteiger partial charge in [0.2, 0.25) is 5.91 Å². The summed E-state index contributed by atoms with van der Waals surface area (Å²) in [6.45, 7) is 4.55. The smallest absolute Gasteiger partial charge is 0.268 e. The molecule has 0 aromatic rings. The molecule has 8 nitrogen and oxygen atoms in total. The molecule has 0 aliphatic rings. The van der Waals surface area contributed by atoms with Gasteiger partial charge in [-0.2, -0.15) is 0 Å². The lowest BCUT2D eigenvalue weighted by atomic mass is 10.1. The molecule has 0 saturated heterocycles. The first-order valence-corrected chi connectivity index (χ1v) is 23.0.